The summed E-state index contributed by atoms with van der Waals surface area (Å²) >= 11 is 3.59. The van der Waals surface area contributed by atoms with Crippen molar-refractivity contribution >= 4 is 33.5 Å². The smallest absolute Gasteiger partial charge is 0.310 e. The van der Waals surface area contributed by atoms with Crippen LogP contribution in [0.4, 0.5) is 5.69 Å². The van der Waals surface area contributed by atoms with E-state index in [1.165, 1.54) is 0 Å². The first kappa shape index (κ1) is 14.1. The molecule has 2 aliphatic carbocycles. The number of esters is 1. The third kappa shape index (κ3) is 1.82. The SMILES string of the molecule is Cc1ccc(O)c(NC(=O)[C@@H]2[C@H]3C[C@H]4[C@H](OC(=O)[C@@H]42)[C@H]3Br)c1. The minimum absolute atomic E-state index is 0.0318. The average Bonchev–Trinajstić information content (AvgIpc) is 3.07. The maximum atomic E-state index is 12.7. The number of phenolic OH excluding ortho intramolecular Hbond substituents is 1. The number of carbonyl (C=O) groups is 2. The molecule has 1 aromatic rings. The molecule has 4 rings (SSSR count). The molecule has 1 aromatic carbocycles. The van der Waals surface area contributed by atoms with Crippen molar-refractivity contribution < 1.29 is 19.4 Å². The highest BCUT2D eigenvalue weighted by atomic mass is 79.9. The van der Waals surface area contributed by atoms with E-state index in [0.717, 1.165) is 12.0 Å². The zero-order chi connectivity index (χ0) is 15.6. The molecule has 2 N–H and O–H groups in total. The number of nitrogens with one attached hydrogen (secondary N) is 1. The summed E-state index contributed by atoms with van der Waals surface area (Å²) in [6.07, 6.45) is 0.758. The molecule has 0 unspecified atom stereocenters. The molecule has 3 aliphatic rings. The highest BCUT2D eigenvalue weighted by Gasteiger charge is 2.67. The van der Waals surface area contributed by atoms with Crippen molar-refractivity contribution in [1.29, 1.82) is 0 Å². The number of hydrogen-bond donors (Lipinski definition) is 2. The lowest BCUT2D eigenvalue weighted by molar-refractivity contribution is -0.145. The number of hydrogen-bond acceptors (Lipinski definition) is 4. The van der Waals surface area contributed by atoms with E-state index in [4.69, 9.17) is 4.74 Å². The lowest BCUT2D eigenvalue weighted by Gasteiger charge is -2.27. The van der Waals surface area contributed by atoms with Crippen LogP contribution in [0.1, 0.15) is 12.0 Å². The van der Waals surface area contributed by atoms with Gasteiger partial charge in [0, 0.05) is 5.92 Å². The third-order valence-corrected chi connectivity index (χ3v) is 6.44. The van der Waals surface area contributed by atoms with Crippen LogP contribution in [0.15, 0.2) is 18.2 Å². The highest BCUT2D eigenvalue weighted by Crippen LogP contribution is 2.60. The Morgan fingerprint density at radius 1 is 1.41 bits per heavy atom. The standard InChI is InChI=1S/C16H16BrNO4/c1-6-2-3-10(19)9(4-6)18-15(20)11-7-5-8-12(11)16(21)22-14(8)13(7)17/h2-4,7-8,11-14,19H,5H2,1H3,(H,18,20)/t7-,8-,11-,12+,13+,14+/m1/s1. The van der Waals surface area contributed by atoms with Gasteiger partial charge >= 0.3 is 5.97 Å². The second-order valence-corrected chi connectivity index (χ2v) is 7.53. The van der Waals surface area contributed by atoms with Crippen molar-refractivity contribution in [2.24, 2.45) is 23.7 Å². The first-order valence-corrected chi connectivity index (χ1v) is 8.34. The van der Waals surface area contributed by atoms with Crippen LogP contribution in [0, 0.1) is 30.6 Å². The Morgan fingerprint density at radius 3 is 2.95 bits per heavy atom. The zero-order valence-electron chi connectivity index (χ0n) is 12.0. The van der Waals surface area contributed by atoms with Crippen molar-refractivity contribution in [2.75, 3.05) is 5.32 Å². The first-order chi connectivity index (χ1) is 10.5. The van der Waals surface area contributed by atoms with Gasteiger partial charge in [0.05, 0.1) is 22.4 Å². The molecular weight excluding hydrogens is 350 g/mol. The number of anilines is 1. The van der Waals surface area contributed by atoms with Gasteiger partial charge in [-0.1, -0.05) is 22.0 Å². The summed E-state index contributed by atoms with van der Waals surface area (Å²) in [5.41, 5.74) is 1.33. The molecule has 2 saturated carbocycles. The Balaban J connectivity index is 1.61. The quantitative estimate of drug-likeness (QED) is 0.478. The number of amides is 1. The summed E-state index contributed by atoms with van der Waals surface area (Å²) in [5.74, 6) is -0.906. The number of aromatic hydroxyl groups is 1. The molecule has 0 spiro atoms. The number of carbonyl (C=O) groups excluding carboxylic acids is 2. The van der Waals surface area contributed by atoms with Crippen LogP contribution in [0.2, 0.25) is 0 Å². The predicted molar refractivity (Wildman–Crippen MR) is 82.6 cm³/mol. The van der Waals surface area contributed by atoms with E-state index >= 15 is 0 Å². The summed E-state index contributed by atoms with van der Waals surface area (Å²) in [6, 6.07) is 5.05. The fourth-order valence-corrected chi connectivity index (χ4v) is 5.34. The van der Waals surface area contributed by atoms with Gasteiger partial charge in [-0.05, 0) is 37.0 Å². The fourth-order valence-electron chi connectivity index (χ4n) is 4.30. The Hall–Kier alpha value is -1.56. The zero-order valence-corrected chi connectivity index (χ0v) is 13.5. The van der Waals surface area contributed by atoms with Crippen molar-refractivity contribution in [3.63, 3.8) is 0 Å². The summed E-state index contributed by atoms with van der Waals surface area (Å²) in [7, 11) is 0. The van der Waals surface area contributed by atoms with E-state index < -0.39 is 0 Å². The van der Waals surface area contributed by atoms with Gasteiger partial charge in [0.15, 0.2) is 0 Å². The van der Waals surface area contributed by atoms with Gasteiger partial charge in [-0.2, -0.15) is 0 Å². The molecule has 6 heteroatoms. The van der Waals surface area contributed by atoms with Crippen LogP contribution < -0.4 is 5.32 Å². The molecule has 1 heterocycles. The number of rotatable bonds is 2. The van der Waals surface area contributed by atoms with Crippen LogP contribution in [-0.4, -0.2) is 27.9 Å². The predicted octanol–water partition coefficient (Wildman–Crippen LogP) is 2.21. The molecule has 0 radical (unpaired) electrons. The van der Waals surface area contributed by atoms with Crippen LogP contribution in [-0.2, 0) is 14.3 Å². The largest absolute Gasteiger partial charge is 0.506 e. The molecule has 116 valence electrons. The van der Waals surface area contributed by atoms with Gasteiger partial charge in [0.25, 0.3) is 0 Å². The summed E-state index contributed by atoms with van der Waals surface area (Å²) in [6.45, 7) is 1.89. The molecule has 5 nitrogen and oxygen atoms in total. The van der Waals surface area contributed by atoms with Crippen LogP contribution in [0.5, 0.6) is 5.75 Å². The number of ether oxygens (including phenoxy) is 1. The van der Waals surface area contributed by atoms with Gasteiger partial charge < -0.3 is 15.2 Å². The highest BCUT2D eigenvalue weighted by molar-refractivity contribution is 9.09. The molecular formula is C16H16BrNO4. The minimum atomic E-state index is -0.388. The van der Waals surface area contributed by atoms with E-state index in [1.807, 2.05) is 6.92 Å². The molecule has 1 amide bonds. The Kier molecular flexibility index (Phi) is 3.01. The maximum absolute atomic E-state index is 12.7. The van der Waals surface area contributed by atoms with Crippen LogP contribution >= 0.6 is 15.9 Å². The summed E-state index contributed by atoms with van der Waals surface area (Å²) in [5, 5.41) is 12.7. The van der Waals surface area contributed by atoms with Crippen molar-refractivity contribution in [3.05, 3.63) is 23.8 Å². The second kappa shape index (κ2) is 4.72. The average molecular weight is 366 g/mol. The number of alkyl halides is 1. The van der Waals surface area contributed by atoms with Crippen LogP contribution in [0.3, 0.4) is 0 Å². The number of fused-ring (bicyclic) bond motifs is 1. The van der Waals surface area contributed by atoms with E-state index in [-0.39, 0.29) is 52.2 Å². The number of phenols is 1. The van der Waals surface area contributed by atoms with E-state index in [9.17, 15) is 14.7 Å². The Bertz CT molecular complexity index is 676. The van der Waals surface area contributed by atoms with E-state index in [2.05, 4.69) is 21.2 Å². The normalized spacial score (nSPS) is 38.2. The molecule has 2 bridgehead atoms. The lowest BCUT2D eigenvalue weighted by Crippen LogP contribution is -2.40. The van der Waals surface area contributed by atoms with Gasteiger partial charge in [0.1, 0.15) is 11.9 Å². The minimum Gasteiger partial charge on any atom is -0.506 e. The fraction of sp³-hybridized carbons (Fsp3) is 0.500. The van der Waals surface area contributed by atoms with Crippen molar-refractivity contribution in [2.45, 2.75) is 24.3 Å². The lowest BCUT2D eigenvalue weighted by atomic mass is 9.79. The molecule has 1 saturated heterocycles. The summed E-state index contributed by atoms with van der Waals surface area (Å²) < 4.78 is 5.41. The second-order valence-electron chi connectivity index (χ2n) is 6.47. The summed E-state index contributed by atoms with van der Waals surface area (Å²) in [4.78, 5) is 24.8. The van der Waals surface area contributed by atoms with E-state index in [1.54, 1.807) is 18.2 Å². The Morgan fingerprint density at radius 2 is 2.18 bits per heavy atom. The third-order valence-electron chi connectivity index (χ3n) is 5.24. The van der Waals surface area contributed by atoms with Gasteiger partial charge in [-0.25, -0.2) is 0 Å². The molecule has 22 heavy (non-hydrogen) atoms. The number of halogens is 1. The maximum Gasteiger partial charge on any atom is 0.310 e. The molecule has 3 fully saturated rings. The van der Waals surface area contributed by atoms with Crippen molar-refractivity contribution in [3.8, 4) is 5.75 Å². The van der Waals surface area contributed by atoms with Crippen LogP contribution in [0.25, 0.3) is 0 Å². The molecule has 0 aromatic heterocycles. The monoisotopic (exact) mass is 365 g/mol. The molecule has 6 atom stereocenters. The van der Waals surface area contributed by atoms with E-state index in [0.29, 0.717) is 5.69 Å². The van der Waals surface area contributed by atoms with Gasteiger partial charge in [-0.3, -0.25) is 9.59 Å². The topological polar surface area (TPSA) is 75.6 Å². The number of aryl methyl sites for hydroxylation is 1. The van der Waals surface area contributed by atoms with Crippen molar-refractivity contribution in [1.82, 2.24) is 0 Å². The van der Waals surface area contributed by atoms with Gasteiger partial charge in [-0.15, -0.1) is 0 Å². The first-order valence-electron chi connectivity index (χ1n) is 7.42. The van der Waals surface area contributed by atoms with Gasteiger partial charge in [0.2, 0.25) is 5.91 Å². The molecule has 1 aliphatic heterocycles. The number of benzene rings is 1. The Labute approximate surface area is 136 Å².